The van der Waals surface area contributed by atoms with Crippen LogP contribution < -0.4 is 11.1 Å². The fraction of sp³-hybridized carbons (Fsp3) is 0.516. The zero-order valence-electron chi connectivity index (χ0n) is 24.3. The molecule has 2 saturated carbocycles. The average Bonchev–Trinajstić information content (AvgIpc) is 3.48. The lowest BCUT2D eigenvalue weighted by Gasteiger charge is -2.52. The number of phenolic OH excluding ortho intramolecular Hbond substituents is 1. The number of carbonyl (C=O) groups is 5. The molecule has 5 N–H and O–H groups in total. The molecule has 3 aliphatic carbocycles. The van der Waals surface area contributed by atoms with Gasteiger partial charge in [-0.25, -0.2) is 0 Å². The fourth-order valence-corrected chi connectivity index (χ4v) is 7.83. The zero-order valence-corrected chi connectivity index (χ0v) is 24.3. The number of likely N-dealkylation sites (N-methyl/N-ethyl adjacent to an activating group) is 1. The first-order valence-corrected chi connectivity index (χ1v) is 14.6. The van der Waals surface area contributed by atoms with E-state index in [0.29, 0.717) is 22.4 Å². The van der Waals surface area contributed by atoms with Crippen LogP contribution >= 0.6 is 0 Å². The molecule has 1 saturated heterocycles. The maximum Gasteiger partial charge on any atom is 0.235 e. The van der Waals surface area contributed by atoms with Gasteiger partial charge >= 0.3 is 0 Å². The number of piperidine rings is 1. The Bertz CT molecular complexity index is 1530. The Labute approximate surface area is 248 Å². The van der Waals surface area contributed by atoms with Gasteiger partial charge < -0.3 is 30.6 Å². The Hall–Kier alpha value is -3.87. The molecule has 12 heteroatoms. The number of amides is 1. The molecule has 3 fully saturated rings. The van der Waals surface area contributed by atoms with Gasteiger partial charge in [-0.2, -0.15) is 0 Å². The zero-order chi connectivity index (χ0) is 31.0. The van der Waals surface area contributed by atoms with Gasteiger partial charge in [-0.1, -0.05) is 0 Å². The summed E-state index contributed by atoms with van der Waals surface area (Å²) in [5.74, 6) is -10.7. The van der Waals surface area contributed by atoms with Crippen LogP contribution in [0.1, 0.15) is 35.2 Å². The number of rotatable bonds is 5. The third kappa shape index (κ3) is 4.34. The minimum atomic E-state index is -2.76. The molecular weight excluding hydrogens is 556 g/mol. The van der Waals surface area contributed by atoms with E-state index in [1.54, 1.807) is 26.2 Å². The molecule has 6 atom stereocenters. The lowest BCUT2D eigenvalue weighted by Crippen LogP contribution is -2.74. The van der Waals surface area contributed by atoms with Crippen molar-refractivity contribution in [1.29, 1.82) is 0 Å². The number of nitrogens with zero attached hydrogens (tertiary/aromatic N) is 2. The minimum Gasteiger partial charge on any atom is -0.505 e. The summed E-state index contributed by atoms with van der Waals surface area (Å²) in [5, 5.41) is 26.7. The number of benzene rings is 1. The first-order chi connectivity index (χ1) is 20.4. The van der Waals surface area contributed by atoms with Gasteiger partial charge in [0.2, 0.25) is 5.91 Å². The largest absolute Gasteiger partial charge is 0.505 e. The van der Waals surface area contributed by atoms with E-state index in [-0.39, 0.29) is 30.2 Å². The average molecular weight is 593 g/mol. The number of ketones is 4. The predicted octanol–water partition coefficient (Wildman–Crippen LogP) is 0.633. The summed E-state index contributed by atoms with van der Waals surface area (Å²) in [6.07, 6.45) is 4.87. The number of nitrogens with two attached hydrogens (primary N) is 1. The van der Waals surface area contributed by atoms with E-state index >= 15 is 0 Å². The van der Waals surface area contributed by atoms with Crippen LogP contribution in [0.5, 0.6) is 5.75 Å². The van der Waals surface area contributed by atoms with Gasteiger partial charge in [-0.3, -0.25) is 28.9 Å². The molecule has 1 aliphatic heterocycles. The number of fused-ring (bicyclic) bond motifs is 3. The molecule has 2 aromatic rings. The number of likely N-dealkylation sites (tertiary alicyclic amines) is 1. The molecule has 0 bridgehead atoms. The fourth-order valence-electron chi connectivity index (χ4n) is 7.83. The van der Waals surface area contributed by atoms with Crippen LogP contribution in [0.15, 0.2) is 29.1 Å². The number of Topliss-reactive ketones (excluding diaryl/α,β-unsaturated/α-hetero) is 4. The molecule has 1 aromatic carbocycles. The van der Waals surface area contributed by atoms with Crippen LogP contribution in [0.4, 0.5) is 5.69 Å². The Morgan fingerprint density at radius 2 is 1.86 bits per heavy atom. The molecule has 1 aromatic heterocycles. The van der Waals surface area contributed by atoms with Crippen molar-refractivity contribution < 1.29 is 38.6 Å². The number of hydrogen-bond donors (Lipinski definition) is 4. The van der Waals surface area contributed by atoms with Gasteiger partial charge in [-0.15, -0.1) is 0 Å². The predicted molar refractivity (Wildman–Crippen MR) is 153 cm³/mol. The first kappa shape index (κ1) is 29.2. The van der Waals surface area contributed by atoms with Crippen molar-refractivity contribution in [2.45, 2.75) is 43.4 Å². The van der Waals surface area contributed by atoms with E-state index in [0.717, 1.165) is 25.9 Å². The molecule has 6 rings (SSSR count). The molecule has 2 heterocycles. The molecule has 228 valence electrons. The third-order valence-corrected chi connectivity index (χ3v) is 9.97. The van der Waals surface area contributed by atoms with Crippen LogP contribution in [0.3, 0.4) is 0 Å². The molecule has 12 nitrogen and oxygen atoms in total. The molecule has 1 amide bonds. The second-order valence-corrected chi connectivity index (χ2v) is 12.7. The first-order valence-electron chi connectivity index (χ1n) is 14.6. The van der Waals surface area contributed by atoms with E-state index in [9.17, 15) is 34.2 Å². The normalized spacial score (nSPS) is 31.5. The van der Waals surface area contributed by atoms with Crippen LogP contribution in [0.2, 0.25) is 0 Å². The van der Waals surface area contributed by atoms with E-state index in [4.69, 9.17) is 10.2 Å². The highest BCUT2D eigenvalue weighted by Crippen LogP contribution is 2.53. The van der Waals surface area contributed by atoms with Crippen LogP contribution in [0.25, 0.3) is 11.1 Å². The number of carbonyl (C=O) groups excluding carboxylic acids is 5. The van der Waals surface area contributed by atoms with Crippen LogP contribution in [-0.4, -0.2) is 101 Å². The molecule has 0 spiro atoms. The smallest absolute Gasteiger partial charge is 0.235 e. The van der Waals surface area contributed by atoms with Gasteiger partial charge in [0.05, 0.1) is 35.7 Å². The van der Waals surface area contributed by atoms with Crippen LogP contribution in [0, 0.1) is 23.7 Å². The van der Waals surface area contributed by atoms with E-state index < -0.39 is 64.4 Å². The van der Waals surface area contributed by atoms with Gasteiger partial charge in [0.25, 0.3) is 0 Å². The van der Waals surface area contributed by atoms with Gasteiger partial charge in [0.15, 0.2) is 34.7 Å². The Balaban J connectivity index is 1.46. The summed E-state index contributed by atoms with van der Waals surface area (Å²) in [4.78, 5) is 71.2. The van der Waals surface area contributed by atoms with Crippen molar-refractivity contribution in [2.75, 3.05) is 39.5 Å². The minimum absolute atomic E-state index is 0.00885. The molecule has 0 radical (unpaired) electrons. The number of hydrogen-bond acceptors (Lipinski definition) is 11. The van der Waals surface area contributed by atoms with E-state index in [1.807, 2.05) is 7.05 Å². The maximum atomic E-state index is 14.3. The highest BCUT2D eigenvalue weighted by atomic mass is 16.3. The van der Waals surface area contributed by atoms with E-state index in [2.05, 4.69) is 10.2 Å². The highest BCUT2D eigenvalue weighted by molar-refractivity contribution is 6.32. The SMILES string of the molecule is CN1CCC(Nc2cc(-c3ccoc3)c3c(c2O)C(=O)C2C(=O)[C@]4(O)C(=O)C(C(N)=O)C(=O)[C@@H](N(C)C)[C@@H]4C[C@@H]2C3)CC1. The number of aromatic hydroxyl groups is 1. The molecular formula is C31H36N4O8. The summed E-state index contributed by atoms with van der Waals surface area (Å²) < 4.78 is 5.34. The lowest BCUT2D eigenvalue weighted by atomic mass is 9.52. The Morgan fingerprint density at radius 1 is 1.16 bits per heavy atom. The quantitative estimate of drug-likeness (QED) is 0.282. The van der Waals surface area contributed by atoms with Crippen molar-refractivity contribution in [3.05, 3.63) is 35.8 Å². The lowest BCUT2D eigenvalue weighted by molar-refractivity contribution is -0.181. The summed E-state index contributed by atoms with van der Waals surface area (Å²) in [5.41, 5.74) is 4.82. The molecule has 2 unspecified atom stereocenters. The maximum absolute atomic E-state index is 14.3. The second-order valence-electron chi connectivity index (χ2n) is 12.7. The topological polar surface area (TPSA) is 183 Å². The van der Waals surface area contributed by atoms with Gasteiger partial charge in [0, 0.05) is 17.5 Å². The van der Waals surface area contributed by atoms with Crippen molar-refractivity contribution in [1.82, 2.24) is 9.80 Å². The third-order valence-electron chi connectivity index (χ3n) is 9.97. The number of primary amides is 1. The monoisotopic (exact) mass is 592 g/mol. The van der Waals surface area contributed by atoms with Crippen molar-refractivity contribution in [3.8, 4) is 16.9 Å². The summed E-state index contributed by atoms with van der Waals surface area (Å²) in [7, 11) is 5.16. The van der Waals surface area contributed by atoms with Gasteiger partial charge in [0.1, 0.15) is 5.75 Å². The molecule has 4 aliphatic rings. The van der Waals surface area contributed by atoms with Crippen molar-refractivity contribution in [2.24, 2.45) is 29.4 Å². The highest BCUT2D eigenvalue weighted by Gasteiger charge is 2.69. The summed E-state index contributed by atoms with van der Waals surface area (Å²) >= 11 is 0. The number of phenols is 1. The Morgan fingerprint density at radius 3 is 2.47 bits per heavy atom. The van der Waals surface area contributed by atoms with Crippen molar-refractivity contribution in [3.63, 3.8) is 0 Å². The number of nitrogens with one attached hydrogen (secondary N) is 1. The number of aliphatic hydroxyl groups is 1. The van der Waals surface area contributed by atoms with E-state index in [1.165, 1.54) is 17.4 Å². The standard InChI is InChI=1S/C31H36N4O8/c1-34(2)24-19-11-15-10-18-17(14-6-9-43-13-14)12-20(33-16-4-7-35(3)8-5-16)25(36)22(18)26(37)21(15)28(39)31(19,42)29(40)23(27(24)38)30(32)41/h6,9,12-13,15-16,19,21,23-24,33,36,42H,4-5,7-8,10-11H2,1-3H3,(H2,32,41)/t15-,19-,21?,23?,24-,31-/m0/s1. The second kappa shape index (κ2) is 10.4. The Kier molecular flexibility index (Phi) is 7.06. The summed E-state index contributed by atoms with van der Waals surface area (Å²) in [6, 6.07) is 2.44. The van der Waals surface area contributed by atoms with Crippen molar-refractivity contribution >= 4 is 34.7 Å². The molecule has 43 heavy (non-hydrogen) atoms. The van der Waals surface area contributed by atoms with Gasteiger partial charge in [-0.05, 0) is 89.1 Å². The summed E-state index contributed by atoms with van der Waals surface area (Å²) in [6.45, 7) is 1.73. The van der Waals surface area contributed by atoms with Crippen LogP contribution in [-0.2, 0) is 25.6 Å². The number of anilines is 1. The number of furan rings is 1.